The van der Waals surface area contributed by atoms with Gasteiger partial charge in [0.25, 0.3) is 0 Å². The average molecular weight is 384 g/mol. The molecule has 0 aliphatic carbocycles. The molecule has 1 heterocycles. The number of nitrogens with one attached hydrogen (secondary N) is 1. The lowest BCUT2D eigenvalue weighted by Crippen LogP contribution is -2.14. The summed E-state index contributed by atoms with van der Waals surface area (Å²) in [5.74, 6) is 0.375. The maximum Gasteiger partial charge on any atom is 0.234 e. The van der Waals surface area contributed by atoms with Crippen LogP contribution in [0.1, 0.15) is 18.9 Å². The number of aromatic nitrogens is 3. The number of benzene rings is 2. The summed E-state index contributed by atoms with van der Waals surface area (Å²) >= 11 is 1.32. The number of halogens is 1. The highest BCUT2D eigenvalue weighted by Gasteiger charge is 2.15. The van der Waals surface area contributed by atoms with E-state index < -0.39 is 0 Å². The molecule has 1 amide bonds. The summed E-state index contributed by atoms with van der Waals surface area (Å²) in [5.41, 5.74) is 2.60. The summed E-state index contributed by atoms with van der Waals surface area (Å²) in [6, 6.07) is 14.0. The first-order chi connectivity index (χ1) is 13.1. The Bertz CT molecular complexity index is 941. The van der Waals surface area contributed by atoms with E-state index in [1.54, 1.807) is 12.1 Å². The Morgan fingerprint density at radius 2 is 2.00 bits per heavy atom. The van der Waals surface area contributed by atoms with Gasteiger partial charge < -0.3 is 9.88 Å². The highest BCUT2D eigenvalue weighted by Crippen LogP contribution is 2.25. The summed E-state index contributed by atoms with van der Waals surface area (Å²) in [6.45, 7) is 4.89. The molecular weight excluding hydrogens is 363 g/mol. The van der Waals surface area contributed by atoms with Crippen molar-refractivity contribution in [1.82, 2.24) is 14.8 Å². The number of aryl methyl sites for hydroxylation is 1. The second-order valence-corrected chi connectivity index (χ2v) is 7.12. The number of amides is 1. The van der Waals surface area contributed by atoms with Crippen LogP contribution < -0.4 is 5.32 Å². The molecule has 140 valence electrons. The van der Waals surface area contributed by atoms with Gasteiger partial charge in [-0.25, -0.2) is 4.39 Å². The van der Waals surface area contributed by atoms with E-state index in [-0.39, 0.29) is 17.5 Å². The fourth-order valence-electron chi connectivity index (χ4n) is 2.71. The van der Waals surface area contributed by atoms with Gasteiger partial charge in [0.2, 0.25) is 5.91 Å². The van der Waals surface area contributed by atoms with Crippen molar-refractivity contribution < 1.29 is 9.18 Å². The molecule has 0 spiro atoms. The zero-order valence-corrected chi connectivity index (χ0v) is 16.1. The first-order valence-electron chi connectivity index (χ1n) is 8.75. The number of rotatable bonds is 7. The third kappa shape index (κ3) is 4.95. The number of anilines is 1. The Labute approximate surface area is 162 Å². The molecule has 1 aromatic heterocycles. The number of carbonyl (C=O) groups is 1. The maximum absolute atomic E-state index is 13.2. The zero-order valence-electron chi connectivity index (χ0n) is 15.3. The van der Waals surface area contributed by atoms with Crippen LogP contribution >= 0.6 is 11.8 Å². The summed E-state index contributed by atoms with van der Waals surface area (Å²) < 4.78 is 15.3. The molecule has 2 aromatic carbocycles. The summed E-state index contributed by atoms with van der Waals surface area (Å²) in [4.78, 5) is 12.2. The predicted octanol–water partition coefficient (Wildman–Crippen LogP) is 4.53. The van der Waals surface area contributed by atoms with Crippen LogP contribution in [0.5, 0.6) is 0 Å². The lowest BCUT2D eigenvalue weighted by atomic mass is 10.1. The van der Waals surface area contributed by atoms with E-state index in [1.165, 1.54) is 23.9 Å². The molecule has 3 aromatic rings. The third-order valence-electron chi connectivity index (χ3n) is 3.88. The molecule has 0 radical (unpaired) electrons. The third-order valence-corrected chi connectivity index (χ3v) is 4.85. The van der Waals surface area contributed by atoms with Crippen LogP contribution in [0.3, 0.4) is 0 Å². The van der Waals surface area contributed by atoms with Gasteiger partial charge in [0, 0.05) is 17.8 Å². The van der Waals surface area contributed by atoms with Crippen molar-refractivity contribution in [2.45, 2.75) is 32.0 Å². The van der Waals surface area contributed by atoms with Crippen molar-refractivity contribution in [1.29, 1.82) is 0 Å². The number of nitrogens with zero attached hydrogens (tertiary/aromatic N) is 3. The second-order valence-electron chi connectivity index (χ2n) is 6.17. The van der Waals surface area contributed by atoms with E-state index in [4.69, 9.17) is 0 Å². The largest absolute Gasteiger partial charge is 0.325 e. The molecule has 0 aliphatic heterocycles. The Balaban J connectivity index is 1.72. The predicted molar refractivity (Wildman–Crippen MR) is 106 cm³/mol. The first kappa shape index (κ1) is 19.1. The zero-order chi connectivity index (χ0) is 19.2. The summed E-state index contributed by atoms with van der Waals surface area (Å²) in [5, 5.41) is 12.0. The van der Waals surface area contributed by atoms with Crippen molar-refractivity contribution in [3.63, 3.8) is 0 Å². The van der Waals surface area contributed by atoms with Crippen LogP contribution in [-0.4, -0.2) is 26.4 Å². The van der Waals surface area contributed by atoms with Crippen LogP contribution in [0, 0.1) is 12.7 Å². The molecule has 0 unspecified atom stereocenters. The number of thioether (sulfide) groups is 1. The van der Waals surface area contributed by atoms with E-state index in [0.29, 0.717) is 10.8 Å². The Kier molecular flexibility index (Phi) is 6.24. The molecule has 7 heteroatoms. The Morgan fingerprint density at radius 1 is 1.19 bits per heavy atom. The van der Waals surface area contributed by atoms with Crippen LogP contribution in [-0.2, 0) is 11.3 Å². The molecule has 1 N–H and O–H groups in total. The molecule has 0 saturated carbocycles. The maximum atomic E-state index is 13.2. The summed E-state index contributed by atoms with van der Waals surface area (Å²) in [7, 11) is 0. The van der Waals surface area contributed by atoms with Gasteiger partial charge in [-0.1, -0.05) is 48.5 Å². The van der Waals surface area contributed by atoms with Gasteiger partial charge >= 0.3 is 0 Å². The van der Waals surface area contributed by atoms with Crippen LogP contribution in [0.2, 0.25) is 0 Å². The van der Waals surface area contributed by atoms with Gasteiger partial charge in [0.05, 0.1) is 5.75 Å². The van der Waals surface area contributed by atoms with Crippen molar-refractivity contribution in [2.24, 2.45) is 0 Å². The first-order valence-corrected chi connectivity index (χ1v) is 9.74. The number of carbonyl (C=O) groups excluding carboxylic acids is 1. The molecule has 0 aliphatic rings. The Morgan fingerprint density at radius 3 is 2.74 bits per heavy atom. The van der Waals surface area contributed by atoms with Gasteiger partial charge in [0.1, 0.15) is 5.82 Å². The minimum Gasteiger partial charge on any atom is -0.325 e. The second kappa shape index (κ2) is 8.81. The van der Waals surface area contributed by atoms with Crippen LogP contribution in [0.4, 0.5) is 10.1 Å². The Hall–Kier alpha value is -2.67. The quantitative estimate of drug-likeness (QED) is 0.608. The SMILES string of the molecule is CCCn1c(SCC(=O)Nc2cccc(F)c2)nnc1-c1cccc(C)c1. The van der Waals surface area contributed by atoms with Crippen molar-refractivity contribution >= 4 is 23.4 Å². The minimum atomic E-state index is -0.383. The average Bonchev–Trinajstić information content (AvgIpc) is 3.03. The molecule has 0 bridgehead atoms. The highest BCUT2D eigenvalue weighted by atomic mass is 32.2. The van der Waals surface area contributed by atoms with E-state index in [2.05, 4.69) is 28.5 Å². The van der Waals surface area contributed by atoms with E-state index in [9.17, 15) is 9.18 Å². The van der Waals surface area contributed by atoms with Crippen LogP contribution in [0.15, 0.2) is 53.7 Å². The van der Waals surface area contributed by atoms with Crippen LogP contribution in [0.25, 0.3) is 11.4 Å². The van der Waals surface area contributed by atoms with Crippen molar-refractivity contribution in [3.05, 3.63) is 59.9 Å². The van der Waals surface area contributed by atoms with Gasteiger partial charge in [-0.05, 0) is 37.6 Å². The standard InChI is InChI=1S/C20H21FN4OS/c1-3-10-25-19(15-7-4-6-14(2)11-15)23-24-20(25)27-13-18(26)22-17-9-5-8-16(21)12-17/h4-9,11-12H,3,10,13H2,1-2H3,(H,22,26). The van der Waals surface area contributed by atoms with E-state index in [1.807, 2.05) is 29.7 Å². The van der Waals surface area contributed by atoms with Crippen molar-refractivity contribution in [3.8, 4) is 11.4 Å². The fourth-order valence-corrected chi connectivity index (χ4v) is 3.48. The normalized spacial score (nSPS) is 10.8. The number of hydrogen-bond donors (Lipinski definition) is 1. The monoisotopic (exact) mass is 384 g/mol. The van der Waals surface area contributed by atoms with Crippen molar-refractivity contribution in [2.75, 3.05) is 11.1 Å². The highest BCUT2D eigenvalue weighted by molar-refractivity contribution is 7.99. The van der Waals surface area contributed by atoms with Gasteiger partial charge in [-0.3, -0.25) is 4.79 Å². The van der Waals surface area contributed by atoms with E-state index >= 15 is 0 Å². The van der Waals surface area contributed by atoms with Gasteiger partial charge in [-0.2, -0.15) is 0 Å². The molecule has 5 nitrogen and oxygen atoms in total. The topological polar surface area (TPSA) is 59.8 Å². The van der Waals surface area contributed by atoms with Gasteiger partial charge in [0.15, 0.2) is 11.0 Å². The minimum absolute atomic E-state index is 0.173. The fraction of sp³-hybridized carbons (Fsp3) is 0.250. The smallest absolute Gasteiger partial charge is 0.234 e. The molecule has 27 heavy (non-hydrogen) atoms. The molecule has 0 saturated heterocycles. The molecule has 3 rings (SSSR count). The molecular formula is C20H21FN4OS. The summed E-state index contributed by atoms with van der Waals surface area (Å²) in [6.07, 6.45) is 0.930. The molecule has 0 fully saturated rings. The lowest BCUT2D eigenvalue weighted by molar-refractivity contribution is -0.113. The van der Waals surface area contributed by atoms with Gasteiger partial charge in [-0.15, -0.1) is 10.2 Å². The van der Waals surface area contributed by atoms with E-state index in [0.717, 1.165) is 29.9 Å². The molecule has 0 atom stereocenters. The lowest BCUT2D eigenvalue weighted by Gasteiger charge is -2.09. The number of hydrogen-bond acceptors (Lipinski definition) is 4.